The van der Waals surface area contributed by atoms with Crippen molar-refractivity contribution in [2.75, 3.05) is 0 Å². The molecule has 0 aliphatic carbocycles. The zero-order chi connectivity index (χ0) is 9.84. The Labute approximate surface area is 89.7 Å². The Morgan fingerprint density at radius 2 is 2.15 bits per heavy atom. The lowest BCUT2D eigenvalue weighted by molar-refractivity contribution is -0.136. The first-order valence-electron chi connectivity index (χ1n) is 3.71. The Balaban J connectivity index is 2.74. The van der Waals surface area contributed by atoms with Gasteiger partial charge in [-0.1, -0.05) is 45.7 Å². The van der Waals surface area contributed by atoms with E-state index in [-0.39, 0.29) is 0 Å². The number of hydrogen-bond acceptors (Lipinski definition) is 1. The Bertz CT molecular complexity index is 314. The van der Waals surface area contributed by atoms with Crippen LogP contribution in [-0.4, -0.2) is 15.9 Å². The molecule has 0 fully saturated rings. The largest absolute Gasteiger partial charge is 0.480 e. The Kier molecular flexibility index (Phi) is 3.75. The van der Waals surface area contributed by atoms with Crippen LogP contribution in [0.2, 0.25) is 5.02 Å². The highest BCUT2D eigenvalue weighted by molar-refractivity contribution is 9.10. The second-order valence-corrected chi connectivity index (χ2v) is 4.11. The number of rotatable bonds is 3. The van der Waals surface area contributed by atoms with Crippen molar-refractivity contribution >= 4 is 33.5 Å². The summed E-state index contributed by atoms with van der Waals surface area (Å²) in [7, 11) is 0. The normalized spacial score (nSPS) is 12.5. The maximum absolute atomic E-state index is 10.5. The van der Waals surface area contributed by atoms with Crippen LogP contribution in [0, 0.1) is 0 Å². The molecule has 2 nitrogen and oxygen atoms in total. The van der Waals surface area contributed by atoms with Crippen LogP contribution in [0.3, 0.4) is 0 Å². The molecule has 0 aromatic heterocycles. The minimum Gasteiger partial charge on any atom is -0.480 e. The molecule has 0 heterocycles. The molecule has 0 saturated carbocycles. The lowest BCUT2D eigenvalue weighted by Gasteiger charge is -2.05. The van der Waals surface area contributed by atoms with Crippen LogP contribution in [-0.2, 0) is 11.2 Å². The lowest BCUT2D eigenvalue weighted by Crippen LogP contribution is -2.15. The fourth-order valence-electron chi connectivity index (χ4n) is 0.944. The number of aliphatic carboxylic acids is 1. The maximum Gasteiger partial charge on any atom is 0.317 e. The SMILES string of the molecule is O=C(O)C(Br)Cc1ccccc1Cl. The zero-order valence-electron chi connectivity index (χ0n) is 6.71. The quantitative estimate of drug-likeness (QED) is 0.852. The van der Waals surface area contributed by atoms with Crippen LogP contribution < -0.4 is 0 Å². The van der Waals surface area contributed by atoms with Crippen molar-refractivity contribution in [2.45, 2.75) is 11.2 Å². The fourth-order valence-corrected chi connectivity index (χ4v) is 1.51. The summed E-state index contributed by atoms with van der Waals surface area (Å²) in [6, 6.07) is 7.22. The molecule has 0 aliphatic heterocycles. The molecule has 0 bridgehead atoms. The van der Waals surface area contributed by atoms with Crippen molar-refractivity contribution < 1.29 is 9.90 Å². The highest BCUT2D eigenvalue weighted by atomic mass is 79.9. The van der Waals surface area contributed by atoms with E-state index < -0.39 is 10.8 Å². The second-order valence-electron chi connectivity index (χ2n) is 2.60. The smallest absolute Gasteiger partial charge is 0.317 e. The zero-order valence-corrected chi connectivity index (χ0v) is 9.05. The summed E-state index contributed by atoms with van der Waals surface area (Å²) in [6.07, 6.45) is 0.398. The minimum atomic E-state index is -0.875. The summed E-state index contributed by atoms with van der Waals surface area (Å²) in [4.78, 5) is 9.95. The number of carboxylic acids is 1. The lowest BCUT2D eigenvalue weighted by atomic mass is 10.1. The summed E-state index contributed by atoms with van der Waals surface area (Å²) >= 11 is 8.91. The van der Waals surface area contributed by atoms with Gasteiger partial charge in [0.25, 0.3) is 0 Å². The van der Waals surface area contributed by atoms with Gasteiger partial charge in [-0.05, 0) is 18.1 Å². The van der Waals surface area contributed by atoms with Gasteiger partial charge < -0.3 is 5.11 Å². The molecule has 1 atom stereocenters. The first-order chi connectivity index (χ1) is 6.11. The average molecular weight is 264 g/mol. The van der Waals surface area contributed by atoms with Crippen LogP contribution in [0.5, 0.6) is 0 Å². The highest BCUT2D eigenvalue weighted by Gasteiger charge is 2.14. The molecular weight excluding hydrogens is 255 g/mol. The molecule has 0 radical (unpaired) electrons. The number of alkyl halides is 1. The predicted octanol–water partition coefficient (Wildman–Crippen LogP) is 2.73. The first-order valence-corrected chi connectivity index (χ1v) is 5.01. The first kappa shape index (κ1) is 10.5. The molecule has 70 valence electrons. The molecule has 4 heteroatoms. The van der Waals surface area contributed by atoms with E-state index in [2.05, 4.69) is 15.9 Å². The Hall–Kier alpha value is -0.540. The summed E-state index contributed by atoms with van der Waals surface area (Å²) in [6.45, 7) is 0. The molecule has 1 aromatic carbocycles. The summed E-state index contributed by atoms with van der Waals surface area (Å²) in [5, 5.41) is 9.25. The third-order valence-corrected chi connectivity index (χ3v) is 2.71. The Morgan fingerprint density at radius 3 is 2.69 bits per heavy atom. The van der Waals surface area contributed by atoms with Gasteiger partial charge in [0, 0.05) is 5.02 Å². The van der Waals surface area contributed by atoms with Gasteiger partial charge in [0.1, 0.15) is 4.83 Å². The molecular formula is C9H8BrClO2. The molecule has 1 N–H and O–H groups in total. The molecule has 13 heavy (non-hydrogen) atoms. The van der Waals surface area contributed by atoms with Crippen LogP contribution in [0.15, 0.2) is 24.3 Å². The maximum atomic E-state index is 10.5. The molecule has 0 saturated heterocycles. The standard InChI is InChI=1S/C9H8BrClO2/c10-7(9(12)13)5-6-3-1-2-4-8(6)11/h1-4,7H,5H2,(H,12,13). The van der Waals surface area contributed by atoms with Crippen LogP contribution >= 0.6 is 27.5 Å². The van der Waals surface area contributed by atoms with Gasteiger partial charge in [-0.2, -0.15) is 0 Å². The number of carbonyl (C=O) groups is 1. The van der Waals surface area contributed by atoms with E-state index in [9.17, 15) is 4.79 Å². The number of benzene rings is 1. The number of hydrogen-bond donors (Lipinski definition) is 1. The monoisotopic (exact) mass is 262 g/mol. The van der Waals surface area contributed by atoms with Crippen molar-refractivity contribution in [1.29, 1.82) is 0 Å². The van der Waals surface area contributed by atoms with E-state index in [0.29, 0.717) is 11.4 Å². The van der Waals surface area contributed by atoms with Gasteiger partial charge in [0.15, 0.2) is 0 Å². The van der Waals surface area contributed by atoms with E-state index in [1.165, 1.54) is 0 Å². The summed E-state index contributed by atoms with van der Waals surface area (Å²) in [5.41, 5.74) is 0.841. The van der Waals surface area contributed by atoms with Crippen molar-refractivity contribution in [3.8, 4) is 0 Å². The fraction of sp³-hybridized carbons (Fsp3) is 0.222. The van der Waals surface area contributed by atoms with Gasteiger partial charge in [-0.3, -0.25) is 4.79 Å². The summed E-state index contributed by atoms with van der Waals surface area (Å²) < 4.78 is 0. The summed E-state index contributed by atoms with van der Waals surface area (Å²) in [5.74, 6) is -0.875. The molecule has 1 unspecified atom stereocenters. The van der Waals surface area contributed by atoms with Crippen molar-refractivity contribution in [3.63, 3.8) is 0 Å². The van der Waals surface area contributed by atoms with Gasteiger partial charge in [-0.15, -0.1) is 0 Å². The van der Waals surface area contributed by atoms with Crippen molar-refractivity contribution in [1.82, 2.24) is 0 Å². The topological polar surface area (TPSA) is 37.3 Å². The predicted molar refractivity (Wildman–Crippen MR) is 55.5 cm³/mol. The van der Waals surface area contributed by atoms with Gasteiger partial charge in [0.05, 0.1) is 0 Å². The van der Waals surface area contributed by atoms with Crippen molar-refractivity contribution in [2.24, 2.45) is 0 Å². The van der Waals surface area contributed by atoms with Crippen LogP contribution in [0.25, 0.3) is 0 Å². The van der Waals surface area contributed by atoms with E-state index in [1.54, 1.807) is 6.07 Å². The molecule has 1 rings (SSSR count). The highest BCUT2D eigenvalue weighted by Crippen LogP contribution is 2.19. The average Bonchev–Trinajstić information content (AvgIpc) is 2.08. The number of halogens is 2. The van der Waals surface area contributed by atoms with Crippen LogP contribution in [0.1, 0.15) is 5.56 Å². The second kappa shape index (κ2) is 4.63. The van der Waals surface area contributed by atoms with Gasteiger partial charge in [-0.25, -0.2) is 0 Å². The van der Waals surface area contributed by atoms with Crippen LogP contribution in [0.4, 0.5) is 0 Å². The van der Waals surface area contributed by atoms with E-state index in [0.717, 1.165) is 5.56 Å². The molecule has 0 aliphatic rings. The molecule has 0 spiro atoms. The van der Waals surface area contributed by atoms with E-state index >= 15 is 0 Å². The van der Waals surface area contributed by atoms with Gasteiger partial charge in [0.2, 0.25) is 0 Å². The molecule has 0 amide bonds. The van der Waals surface area contributed by atoms with E-state index in [4.69, 9.17) is 16.7 Å². The number of carboxylic acid groups (broad SMARTS) is 1. The minimum absolute atomic E-state index is 0.398. The van der Waals surface area contributed by atoms with Gasteiger partial charge >= 0.3 is 5.97 Å². The Morgan fingerprint density at radius 1 is 1.54 bits per heavy atom. The molecule has 1 aromatic rings. The van der Waals surface area contributed by atoms with Crippen molar-refractivity contribution in [3.05, 3.63) is 34.9 Å². The van der Waals surface area contributed by atoms with E-state index in [1.807, 2.05) is 18.2 Å². The third kappa shape index (κ3) is 3.01. The third-order valence-electron chi connectivity index (χ3n) is 1.62.